The van der Waals surface area contributed by atoms with Crippen molar-refractivity contribution in [3.05, 3.63) is 56.6 Å². The second kappa shape index (κ2) is 39.4. The Labute approximate surface area is 417 Å². The molecular formula is C64H110O3. The molecule has 0 saturated carbocycles. The molecule has 1 aliphatic rings. The van der Waals surface area contributed by atoms with Gasteiger partial charge in [0.15, 0.2) is 0 Å². The summed E-state index contributed by atoms with van der Waals surface area (Å²) in [5.74, 6) is 1.33. The maximum absolute atomic E-state index is 13.8. The van der Waals surface area contributed by atoms with Gasteiger partial charge in [0, 0.05) is 12.0 Å². The highest BCUT2D eigenvalue weighted by Gasteiger charge is 2.33. The largest absolute Gasteiger partial charge is 0.478 e. The van der Waals surface area contributed by atoms with Gasteiger partial charge in [-0.3, -0.25) is 0 Å². The zero-order valence-electron chi connectivity index (χ0n) is 45.4. The lowest BCUT2D eigenvalue weighted by Gasteiger charge is -2.31. The minimum Gasteiger partial charge on any atom is -0.478 e. The molecule has 2 aromatic carbocycles. The van der Waals surface area contributed by atoms with Crippen molar-refractivity contribution in [2.75, 3.05) is 0 Å². The zero-order valence-corrected chi connectivity index (χ0v) is 45.4. The summed E-state index contributed by atoms with van der Waals surface area (Å²) < 4.78 is 7.50. The summed E-state index contributed by atoms with van der Waals surface area (Å²) in [7, 11) is 0. The molecule has 0 spiro atoms. The normalized spacial score (nSPS) is 12.1. The van der Waals surface area contributed by atoms with E-state index in [2.05, 4.69) is 46.8 Å². The van der Waals surface area contributed by atoms with E-state index < -0.39 is 5.97 Å². The first-order valence-corrected chi connectivity index (χ1v) is 30.3. The first-order chi connectivity index (χ1) is 33.0. The van der Waals surface area contributed by atoms with E-state index in [0.717, 1.165) is 68.4 Å². The molecule has 0 aliphatic carbocycles. The molecule has 1 N–H and O–H groups in total. The molecule has 3 heteroatoms. The van der Waals surface area contributed by atoms with Gasteiger partial charge < -0.3 is 9.84 Å². The molecule has 3 rings (SSSR count). The molecule has 0 atom stereocenters. The van der Waals surface area contributed by atoms with Crippen molar-refractivity contribution in [2.24, 2.45) is 0 Å². The van der Waals surface area contributed by atoms with Crippen LogP contribution in [0.1, 0.15) is 341 Å². The monoisotopic (exact) mass is 927 g/mol. The molecule has 0 radical (unpaired) electrons. The SMILES string of the molecule is CCCCCCCCCCc1ccc2c(c1CCCCCCCCCC)Oc1c(CCCCCCCCCC)c(CCCCCCCCCC)c(CCCCCCCCCC)c(C(=O)O)c1C2. The predicted octanol–water partition coefficient (Wildman–Crippen LogP) is 21.5. The highest BCUT2D eigenvalue weighted by atomic mass is 16.5. The molecular weight excluding hydrogens is 817 g/mol. The van der Waals surface area contributed by atoms with Gasteiger partial charge in [-0.25, -0.2) is 4.79 Å². The highest BCUT2D eigenvalue weighted by molar-refractivity contribution is 5.94. The number of rotatable bonds is 46. The molecule has 384 valence electrons. The Balaban J connectivity index is 2.03. The van der Waals surface area contributed by atoms with E-state index in [1.807, 2.05) is 0 Å². The summed E-state index contributed by atoms with van der Waals surface area (Å²) >= 11 is 0. The van der Waals surface area contributed by atoms with Crippen LogP contribution in [0.5, 0.6) is 11.5 Å². The fourth-order valence-corrected chi connectivity index (χ4v) is 11.3. The second-order valence-corrected chi connectivity index (χ2v) is 21.5. The fourth-order valence-electron chi connectivity index (χ4n) is 11.3. The van der Waals surface area contributed by atoms with Crippen molar-refractivity contribution in [3.63, 3.8) is 0 Å². The van der Waals surface area contributed by atoms with Gasteiger partial charge in [-0.15, -0.1) is 0 Å². The molecule has 0 saturated heterocycles. The summed E-state index contributed by atoms with van der Waals surface area (Å²) in [4.78, 5) is 13.8. The molecule has 0 fully saturated rings. The van der Waals surface area contributed by atoms with Crippen molar-refractivity contribution in [3.8, 4) is 11.5 Å². The molecule has 0 amide bonds. The van der Waals surface area contributed by atoms with E-state index in [1.54, 1.807) is 0 Å². The Bertz CT molecular complexity index is 1540. The molecule has 2 aromatic rings. The van der Waals surface area contributed by atoms with Gasteiger partial charge in [-0.05, 0) is 97.6 Å². The number of aromatic carboxylic acids is 1. The van der Waals surface area contributed by atoms with Crippen LogP contribution >= 0.6 is 0 Å². The van der Waals surface area contributed by atoms with Crippen molar-refractivity contribution in [1.29, 1.82) is 0 Å². The summed E-state index contributed by atoms with van der Waals surface area (Å²) in [5, 5.41) is 11.3. The first-order valence-electron chi connectivity index (χ1n) is 30.3. The lowest BCUT2D eigenvalue weighted by Crippen LogP contribution is -2.19. The second-order valence-electron chi connectivity index (χ2n) is 21.5. The van der Waals surface area contributed by atoms with Crippen LogP contribution in [0.2, 0.25) is 0 Å². The van der Waals surface area contributed by atoms with Gasteiger partial charge in [-0.1, -0.05) is 271 Å². The van der Waals surface area contributed by atoms with Crippen LogP contribution in [0.4, 0.5) is 0 Å². The van der Waals surface area contributed by atoms with Gasteiger partial charge in [0.05, 0.1) is 5.56 Å². The highest BCUT2D eigenvalue weighted by Crippen LogP contribution is 2.47. The van der Waals surface area contributed by atoms with Crippen LogP contribution in [-0.4, -0.2) is 11.1 Å². The van der Waals surface area contributed by atoms with Crippen LogP contribution < -0.4 is 4.74 Å². The number of carboxylic acid groups (broad SMARTS) is 1. The van der Waals surface area contributed by atoms with Crippen molar-refractivity contribution in [1.82, 2.24) is 0 Å². The van der Waals surface area contributed by atoms with E-state index in [9.17, 15) is 9.90 Å². The lowest BCUT2D eigenvalue weighted by molar-refractivity contribution is 0.0693. The smallest absolute Gasteiger partial charge is 0.336 e. The molecule has 0 unspecified atom stereocenters. The van der Waals surface area contributed by atoms with Gasteiger partial charge in [0.1, 0.15) is 11.5 Å². The van der Waals surface area contributed by atoms with E-state index >= 15 is 0 Å². The fraction of sp³-hybridized carbons (Fsp3) is 0.797. The minimum absolute atomic E-state index is 0.602. The van der Waals surface area contributed by atoms with Gasteiger partial charge in [0.25, 0.3) is 0 Å². The maximum Gasteiger partial charge on any atom is 0.336 e. The Hall–Kier alpha value is -2.29. The van der Waals surface area contributed by atoms with E-state index in [0.29, 0.717) is 12.0 Å². The molecule has 0 bridgehead atoms. The van der Waals surface area contributed by atoms with Gasteiger partial charge >= 0.3 is 5.97 Å². The predicted molar refractivity (Wildman–Crippen MR) is 294 cm³/mol. The third kappa shape index (κ3) is 23.9. The summed E-state index contributed by atoms with van der Waals surface area (Å²) in [6, 6.07) is 4.76. The van der Waals surface area contributed by atoms with E-state index in [1.165, 1.54) is 271 Å². The first kappa shape index (κ1) is 59.0. The molecule has 1 heterocycles. The summed E-state index contributed by atoms with van der Waals surface area (Å²) in [5.41, 5.74) is 9.67. The number of hydrogen-bond acceptors (Lipinski definition) is 2. The van der Waals surface area contributed by atoms with Crippen molar-refractivity contribution in [2.45, 2.75) is 330 Å². The van der Waals surface area contributed by atoms with Crippen LogP contribution in [-0.2, 0) is 38.5 Å². The van der Waals surface area contributed by atoms with Crippen LogP contribution in [0.15, 0.2) is 12.1 Å². The topological polar surface area (TPSA) is 46.5 Å². The van der Waals surface area contributed by atoms with Gasteiger partial charge in [0.2, 0.25) is 0 Å². The number of ether oxygens (including phenoxy) is 1. The third-order valence-electron chi connectivity index (χ3n) is 15.5. The Morgan fingerprint density at radius 3 is 1.06 bits per heavy atom. The molecule has 1 aliphatic heterocycles. The summed E-state index contributed by atoms with van der Waals surface area (Å²) in [6.45, 7) is 11.5. The van der Waals surface area contributed by atoms with Crippen LogP contribution in [0, 0.1) is 0 Å². The molecule has 0 aromatic heterocycles. The molecule has 67 heavy (non-hydrogen) atoms. The number of aryl methyl sites for hydroxylation is 1. The van der Waals surface area contributed by atoms with Crippen LogP contribution in [0.25, 0.3) is 0 Å². The van der Waals surface area contributed by atoms with E-state index in [-0.39, 0.29) is 0 Å². The number of unbranched alkanes of at least 4 members (excludes halogenated alkanes) is 35. The number of hydrogen-bond donors (Lipinski definition) is 1. The molecule has 3 nitrogen and oxygen atoms in total. The maximum atomic E-state index is 13.8. The Morgan fingerprint density at radius 2 is 0.687 bits per heavy atom. The number of benzene rings is 2. The quantitative estimate of drug-likeness (QED) is 0.0574. The van der Waals surface area contributed by atoms with E-state index in [4.69, 9.17) is 4.74 Å². The number of fused-ring (bicyclic) bond motifs is 2. The minimum atomic E-state index is -0.737. The standard InChI is InChI=1S/C64H110O3/c1-6-11-16-21-26-31-36-41-46-54-51-52-55-53-60-61(64(65)66)58(49-44-39-34-29-24-19-14-9-4)57(48-43-38-33-28-23-18-13-8-3)59(50-45-40-35-30-25-20-15-10-5)63(60)67-62(55)56(54)47-42-37-32-27-22-17-12-7-2/h51-52H,6-50,53H2,1-5H3,(H,65,66). The average molecular weight is 928 g/mol. The van der Waals surface area contributed by atoms with Crippen molar-refractivity contribution >= 4 is 5.97 Å². The Kier molecular flexibility index (Phi) is 34.7. The number of carboxylic acids is 1. The third-order valence-corrected chi connectivity index (χ3v) is 15.5. The summed E-state index contributed by atoms with van der Waals surface area (Å²) in [6.07, 6.45) is 57.9. The van der Waals surface area contributed by atoms with Crippen LogP contribution in [0.3, 0.4) is 0 Å². The average Bonchev–Trinajstić information content (AvgIpc) is 3.33. The van der Waals surface area contributed by atoms with Crippen molar-refractivity contribution < 1.29 is 14.6 Å². The number of carbonyl (C=O) groups is 1. The lowest BCUT2D eigenvalue weighted by atomic mass is 9.80. The zero-order chi connectivity index (χ0) is 48.0. The van der Waals surface area contributed by atoms with Gasteiger partial charge in [-0.2, -0.15) is 0 Å². The Morgan fingerprint density at radius 1 is 0.373 bits per heavy atom.